The number of hydrogen-bond acceptors (Lipinski definition) is 3. The fourth-order valence-corrected chi connectivity index (χ4v) is 2.38. The van der Waals surface area contributed by atoms with Gasteiger partial charge in [0.2, 0.25) is 5.91 Å². The van der Waals surface area contributed by atoms with Crippen LogP contribution in [-0.4, -0.2) is 37.4 Å². The van der Waals surface area contributed by atoms with Crippen LogP contribution >= 0.6 is 0 Å². The number of nitrogens with one attached hydrogen (secondary N) is 1. The maximum atomic E-state index is 13.7. The predicted octanol–water partition coefficient (Wildman–Crippen LogP) is 3.16. The maximum Gasteiger partial charge on any atom is 0.254 e. The molecule has 2 aromatic carbocycles. The summed E-state index contributed by atoms with van der Waals surface area (Å²) < 4.78 is 18.6. The fraction of sp³-hybridized carbons (Fsp3) is 0.263. The average Bonchev–Trinajstić information content (AvgIpc) is 2.58. The van der Waals surface area contributed by atoms with Gasteiger partial charge in [0.15, 0.2) is 11.6 Å². The van der Waals surface area contributed by atoms with Gasteiger partial charge in [-0.25, -0.2) is 4.39 Å². The molecule has 0 saturated heterocycles. The van der Waals surface area contributed by atoms with Crippen LogP contribution in [0.15, 0.2) is 36.4 Å². The SMILES string of the molecule is COc1ccc(C(=O)N(C)CC(=O)Nc2cccc(C)c2C)cc1F. The molecule has 1 N–H and O–H groups in total. The Morgan fingerprint density at radius 2 is 1.92 bits per heavy atom. The van der Waals surface area contributed by atoms with E-state index in [-0.39, 0.29) is 23.8 Å². The van der Waals surface area contributed by atoms with Crippen LogP contribution in [-0.2, 0) is 4.79 Å². The summed E-state index contributed by atoms with van der Waals surface area (Å²) in [6.45, 7) is 3.73. The van der Waals surface area contributed by atoms with Crippen LogP contribution in [0.5, 0.6) is 5.75 Å². The summed E-state index contributed by atoms with van der Waals surface area (Å²) in [6, 6.07) is 9.56. The Balaban J connectivity index is 2.04. The lowest BCUT2D eigenvalue weighted by molar-refractivity contribution is -0.116. The molecule has 2 aromatic rings. The van der Waals surface area contributed by atoms with E-state index in [9.17, 15) is 14.0 Å². The van der Waals surface area contributed by atoms with Gasteiger partial charge >= 0.3 is 0 Å². The second-order valence-electron chi connectivity index (χ2n) is 5.81. The normalized spacial score (nSPS) is 10.3. The molecule has 0 spiro atoms. The van der Waals surface area contributed by atoms with Gasteiger partial charge in [0, 0.05) is 18.3 Å². The van der Waals surface area contributed by atoms with E-state index in [0.717, 1.165) is 17.2 Å². The van der Waals surface area contributed by atoms with E-state index in [2.05, 4.69) is 5.32 Å². The molecule has 0 radical (unpaired) electrons. The van der Waals surface area contributed by atoms with Crippen LogP contribution in [0.3, 0.4) is 0 Å². The van der Waals surface area contributed by atoms with Crippen molar-refractivity contribution in [3.63, 3.8) is 0 Å². The topological polar surface area (TPSA) is 58.6 Å². The number of anilines is 1. The van der Waals surface area contributed by atoms with E-state index in [1.54, 1.807) is 6.07 Å². The number of amides is 2. The van der Waals surface area contributed by atoms with Gasteiger partial charge in [-0.2, -0.15) is 0 Å². The highest BCUT2D eigenvalue weighted by Crippen LogP contribution is 2.19. The minimum atomic E-state index is -0.624. The van der Waals surface area contributed by atoms with Crippen molar-refractivity contribution in [1.29, 1.82) is 0 Å². The zero-order chi connectivity index (χ0) is 18.6. The molecule has 0 aliphatic heterocycles. The van der Waals surface area contributed by atoms with Crippen LogP contribution in [0.1, 0.15) is 21.5 Å². The molecular weight excluding hydrogens is 323 g/mol. The predicted molar refractivity (Wildman–Crippen MR) is 94.5 cm³/mol. The summed E-state index contributed by atoms with van der Waals surface area (Å²) >= 11 is 0. The largest absolute Gasteiger partial charge is 0.494 e. The lowest BCUT2D eigenvalue weighted by atomic mass is 10.1. The summed E-state index contributed by atoms with van der Waals surface area (Å²) in [5, 5.41) is 2.79. The van der Waals surface area contributed by atoms with Crippen molar-refractivity contribution in [2.45, 2.75) is 13.8 Å². The molecule has 2 rings (SSSR count). The maximum absolute atomic E-state index is 13.7. The van der Waals surface area contributed by atoms with Gasteiger partial charge in [-0.3, -0.25) is 9.59 Å². The second kappa shape index (κ2) is 7.79. The van der Waals surface area contributed by atoms with Crippen LogP contribution in [0.4, 0.5) is 10.1 Å². The lowest BCUT2D eigenvalue weighted by Gasteiger charge is -2.18. The number of carbonyl (C=O) groups excluding carboxylic acids is 2. The minimum absolute atomic E-state index is 0.0619. The molecule has 0 fully saturated rings. The molecular formula is C19H21FN2O3. The first-order valence-electron chi connectivity index (χ1n) is 7.78. The molecule has 132 valence electrons. The second-order valence-corrected chi connectivity index (χ2v) is 5.81. The number of benzene rings is 2. The number of ether oxygens (including phenoxy) is 1. The zero-order valence-electron chi connectivity index (χ0n) is 14.7. The molecule has 5 nitrogen and oxygen atoms in total. The third kappa shape index (κ3) is 4.35. The van der Waals surface area contributed by atoms with Crippen LogP contribution in [0.25, 0.3) is 0 Å². The van der Waals surface area contributed by atoms with Gasteiger partial charge in [-0.05, 0) is 49.2 Å². The summed E-state index contributed by atoms with van der Waals surface area (Å²) in [6.07, 6.45) is 0. The highest BCUT2D eigenvalue weighted by atomic mass is 19.1. The quantitative estimate of drug-likeness (QED) is 0.906. The Morgan fingerprint density at radius 1 is 1.20 bits per heavy atom. The molecule has 2 amide bonds. The molecule has 0 heterocycles. The van der Waals surface area contributed by atoms with Gasteiger partial charge in [0.25, 0.3) is 5.91 Å². The standard InChI is InChI=1S/C19H21FN2O3/c1-12-6-5-7-16(13(12)2)21-18(23)11-22(3)19(24)14-8-9-17(25-4)15(20)10-14/h5-10H,11H2,1-4H3,(H,21,23). The monoisotopic (exact) mass is 344 g/mol. The van der Waals surface area contributed by atoms with Crippen molar-refractivity contribution in [1.82, 2.24) is 4.90 Å². The number of methoxy groups -OCH3 is 1. The van der Waals surface area contributed by atoms with Crippen molar-refractivity contribution in [2.75, 3.05) is 26.0 Å². The Labute approximate surface area is 146 Å². The Kier molecular flexibility index (Phi) is 5.75. The molecule has 0 bridgehead atoms. The fourth-order valence-electron chi connectivity index (χ4n) is 2.38. The van der Waals surface area contributed by atoms with Crippen molar-refractivity contribution in [3.8, 4) is 5.75 Å². The molecule has 0 aliphatic rings. The minimum Gasteiger partial charge on any atom is -0.494 e. The molecule has 6 heteroatoms. The average molecular weight is 344 g/mol. The first-order valence-corrected chi connectivity index (χ1v) is 7.78. The van der Waals surface area contributed by atoms with E-state index in [1.165, 1.54) is 31.2 Å². The molecule has 0 unspecified atom stereocenters. The Morgan fingerprint density at radius 3 is 2.56 bits per heavy atom. The third-order valence-electron chi connectivity index (χ3n) is 4.00. The summed E-state index contributed by atoms with van der Waals surface area (Å²) in [7, 11) is 2.84. The van der Waals surface area contributed by atoms with Gasteiger partial charge < -0.3 is 15.0 Å². The lowest BCUT2D eigenvalue weighted by Crippen LogP contribution is -2.35. The third-order valence-corrected chi connectivity index (χ3v) is 4.00. The van der Waals surface area contributed by atoms with Crippen LogP contribution in [0, 0.1) is 19.7 Å². The summed E-state index contributed by atoms with van der Waals surface area (Å²) in [5.74, 6) is -1.33. The molecule has 25 heavy (non-hydrogen) atoms. The highest BCUT2D eigenvalue weighted by Gasteiger charge is 2.17. The Bertz CT molecular complexity index is 805. The van der Waals surface area contributed by atoms with E-state index in [1.807, 2.05) is 26.0 Å². The highest BCUT2D eigenvalue weighted by molar-refractivity contribution is 5.99. The van der Waals surface area contributed by atoms with Crippen molar-refractivity contribution < 1.29 is 18.7 Å². The van der Waals surface area contributed by atoms with E-state index in [0.29, 0.717) is 5.69 Å². The van der Waals surface area contributed by atoms with Crippen LogP contribution in [0.2, 0.25) is 0 Å². The van der Waals surface area contributed by atoms with Gasteiger partial charge in [-0.15, -0.1) is 0 Å². The van der Waals surface area contributed by atoms with Crippen molar-refractivity contribution >= 4 is 17.5 Å². The zero-order valence-corrected chi connectivity index (χ0v) is 14.7. The number of halogens is 1. The number of rotatable bonds is 5. The number of likely N-dealkylation sites (N-methyl/N-ethyl adjacent to an activating group) is 1. The number of hydrogen-bond donors (Lipinski definition) is 1. The first-order chi connectivity index (χ1) is 11.8. The van der Waals surface area contributed by atoms with E-state index in [4.69, 9.17) is 4.74 Å². The number of nitrogens with zero attached hydrogens (tertiary/aromatic N) is 1. The van der Waals surface area contributed by atoms with Gasteiger partial charge in [0.05, 0.1) is 13.7 Å². The summed E-state index contributed by atoms with van der Waals surface area (Å²) in [5.41, 5.74) is 2.90. The molecule has 0 aromatic heterocycles. The first kappa shape index (κ1) is 18.4. The van der Waals surface area contributed by atoms with Crippen molar-refractivity contribution in [3.05, 3.63) is 58.9 Å². The van der Waals surface area contributed by atoms with E-state index >= 15 is 0 Å². The Hall–Kier alpha value is -2.89. The van der Waals surface area contributed by atoms with Crippen molar-refractivity contribution in [2.24, 2.45) is 0 Å². The summed E-state index contributed by atoms with van der Waals surface area (Å²) in [4.78, 5) is 25.8. The number of aryl methyl sites for hydroxylation is 1. The van der Waals surface area contributed by atoms with Gasteiger partial charge in [0.1, 0.15) is 0 Å². The molecule has 0 aliphatic carbocycles. The molecule has 0 atom stereocenters. The number of carbonyl (C=O) groups is 2. The van der Waals surface area contributed by atoms with Gasteiger partial charge in [-0.1, -0.05) is 12.1 Å². The van der Waals surface area contributed by atoms with E-state index < -0.39 is 11.7 Å². The van der Waals surface area contributed by atoms with Crippen LogP contribution < -0.4 is 10.1 Å². The smallest absolute Gasteiger partial charge is 0.254 e. The molecule has 0 saturated carbocycles.